The molecule has 1 aromatic heterocycles. The standard InChI is InChI=1S/C23H25N3O6S/c1-2-4-22-24-25-23(32-22)17-7-9-19(10-8-17)31-16-21(27)18-5-3-6-20(15-18)33(28,29)26-11-13-30-14-12-26/h3,5-10,15H,2,4,11-14,16H2,1H3. The van der Waals surface area contributed by atoms with Gasteiger partial charge in [-0.25, -0.2) is 8.42 Å². The molecule has 0 bridgehead atoms. The van der Waals surface area contributed by atoms with Crippen LogP contribution in [0.25, 0.3) is 11.5 Å². The second kappa shape index (κ2) is 10.2. The van der Waals surface area contributed by atoms with Gasteiger partial charge in [-0.15, -0.1) is 10.2 Å². The highest BCUT2D eigenvalue weighted by Crippen LogP contribution is 2.22. The summed E-state index contributed by atoms with van der Waals surface area (Å²) in [4.78, 5) is 12.7. The van der Waals surface area contributed by atoms with Gasteiger partial charge in [0.05, 0.1) is 18.1 Å². The molecule has 0 spiro atoms. The van der Waals surface area contributed by atoms with Crippen molar-refractivity contribution in [1.82, 2.24) is 14.5 Å². The van der Waals surface area contributed by atoms with Crippen LogP contribution in [0.1, 0.15) is 29.6 Å². The Kier molecular flexibility index (Phi) is 7.17. The van der Waals surface area contributed by atoms with E-state index in [4.69, 9.17) is 13.9 Å². The fourth-order valence-electron chi connectivity index (χ4n) is 3.38. The Morgan fingerprint density at radius 1 is 1.09 bits per heavy atom. The lowest BCUT2D eigenvalue weighted by molar-refractivity contribution is 0.0730. The number of sulfonamides is 1. The van der Waals surface area contributed by atoms with Crippen molar-refractivity contribution in [2.45, 2.75) is 24.7 Å². The Labute approximate surface area is 192 Å². The molecule has 174 valence electrons. The Morgan fingerprint density at radius 3 is 2.58 bits per heavy atom. The normalized spacial score (nSPS) is 14.8. The van der Waals surface area contributed by atoms with Gasteiger partial charge in [0.2, 0.25) is 21.8 Å². The minimum Gasteiger partial charge on any atom is -0.485 e. The molecule has 1 aliphatic heterocycles. The third-order valence-electron chi connectivity index (χ3n) is 5.17. The topological polar surface area (TPSA) is 112 Å². The van der Waals surface area contributed by atoms with Crippen LogP contribution < -0.4 is 4.74 Å². The van der Waals surface area contributed by atoms with Crippen LogP contribution in [-0.2, 0) is 21.2 Å². The molecule has 0 radical (unpaired) electrons. The molecule has 2 aromatic carbocycles. The lowest BCUT2D eigenvalue weighted by Crippen LogP contribution is -2.40. The van der Waals surface area contributed by atoms with Gasteiger partial charge in [0.25, 0.3) is 0 Å². The fraction of sp³-hybridized carbons (Fsp3) is 0.348. The van der Waals surface area contributed by atoms with Gasteiger partial charge in [-0.1, -0.05) is 19.1 Å². The maximum absolute atomic E-state index is 12.8. The first-order valence-electron chi connectivity index (χ1n) is 10.7. The van der Waals surface area contributed by atoms with Crippen molar-refractivity contribution in [2.75, 3.05) is 32.9 Å². The van der Waals surface area contributed by atoms with Crippen molar-refractivity contribution in [3.05, 3.63) is 60.0 Å². The lowest BCUT2D eigenvalue weighted by atomic mass is 10.1. The third kappa shape index (κ3) is 5.47. The number of rotatable bonds is 9. The summed E-state index contributed by atoms with van der Waals surface area (Å²) in [7, 11) is -3.68. The molecule has 4 rings (SSSR count). The van der Waals surface area contributed by atoms with Crippen molar-refractivity contribution in [3.8, 4) is 17.2 Å². The van der Waals surface area contributed by atoms with E-state index in [-0.39, 0.29) is 22.8 Å². The van der Waals surface area contributed by atoms with Crippen molar-refractivity contribution < 1.29 is 27.1 Å². The Hall–Kier alpha value is -3.08. The largest absolute Gasteiger partial charge is 0.485 e. The Bertz CT molecular complexity index is 1200. The summed E-state index contributed by atoms with van der Waals surface area (Å²) >= 11 is 0. The van der Waals surface area contributed by atoms with E-state index in [0.29, 0.717) is 43.8 Å². The quantitative estimate of drug-likeness (QED) is 0.438. The van der Waals surface area contributed by atoms with E-state index >= 15 is 0 Å². The van der Waals surface area contributed by atoms with Crippen LogP contribution in [0.4, 0.5) is 0 Å². The zero-order chi connectivity index (χ0) is 23.3. The average molecular weight is 472 g/mol. The monoisotopic (exact) mass is 471 g/mol. The summed E-state index contributed by atoms with van der Waals surface area (Å²) in [6, 6.07) is 13.0. The summed E-state index contributed by atoms with van der Waals surface area (Å²) in [6.45, 7) is 3.12. The van der Waals surface area contributed by atoms with Gasteiger partial charge in [-0.2, -0.15) is 4.31 Å². The van der Waals surface area contributed by atoms with E-state index in [0.717, 1.165) is 18.4 Å². The van der Waals surface area contributed by atoms with Gasteiger partial charge in [0.15, 0.2) is 12.4 Å². The van der Waals surface area contributed by atoms with Crippen LogP contribution in [0.3, 0.4) is 0 Å². The highest BCUT2D eigenvalue weighted by atomic mass is 32.2. The van der Waals surface area contributed by atoms with Gasteiger partial charge >= 0.3 is 0 Å². The molecule has 1 fully saturated rings. The van der Waals surface area contributed by atoms with Crippen molar-refractivity contribution in [2.24, 2.45) is 0 Å². The molecular formula is C23H25N3O6S. The predicted molar refractivity (Wildman–Crippen MR) is 120 cm³/mol. The van der Waals surface area contributed by atoms with Gasteiger partial charge < -0.3 is 13.9 Å². The van der Waals surface area contributed by atoms with E-state index in [1.807, 2.05) is 6.92 Å². The number of carbonyl (C=O) groups excluding carboxylic acids is 1. The average Bonchev–Trinajstić information content (AvgIpc) is 3.32. The number of hydrogen-bond donors (Lipinski definition) is 0. The smallest absolute Gasteiger partial charge is 0.247 e. The van der Waals surface area contributed by atoms with E-state index in [1.165, 1.54) is 16.4 Å². The number of Topliss-reactive ketones (excluding diaryl/α,β-unsaturated/α-hetero) is 1. The summed E-state index contributed by atoms with van der Waals surface area (Å²) in [6.07, 6.45) is 1.65. The second-order valence-corrected chi connectivity index (χ2v) is 9.47. The Morgan fingerprint density at radius 2 is 1.85 bits per heavy atom. The summed E-state index contributed by atoms with van der Waals surface area (Å²) in [5.41, 5.74) is 1.03. The zero-order valence-electron chi connectivity index (χ0n) is 18.3. The molecule has 9 nitrogen and oxygen atoms in total. The van der Waals surface area contributed by atoms with Gasteiger partial charge in [0, 0.05) is 30.6 Å². The predicted octanol–water partition coefficient (Wildman–Crippen LogP) is 2.97. The molecule has 0 unspecified atom stereocenters. The van der Waals surface area contributed by atoms with Crippen molar-refractivity contribution in [1.29, 1.82) is 0 Å². The number of hydrogen-bond acceptors (Lipinski definition) is 8. The molecule has 2 heterocycles. The minimum atomic E-state index is -3.68. The summed E-state index contributed by atoms with van der Waals surface area (Å²) < 4.78 is 43.5. The van der Waals surface area contributed by atoms with Crippen molar-refractivity contribution in [3.63, 3.8) is 0 Å². The third-order valence-corrected chi connectivity index (χ3v) is 7.06. The van der Waals surface area contributed by atoms with E-state index in [2.05, 4.69) is 10.2 Å². The molecule has 0 atom stereocenters. The van der Waals surface area contributed by atoms with Crippen LogP contribution in [0, 0.1) is 0 Å². The highest BCUT2D eigenvalue weighted by molar-refractivity contribution is 7.89. The van der Waals surface area contributed by atoms with Gasteiger partial charge in [-0.3, -0.25) is 4.79 Å². The second-order valence-electron chi connectivity index (χ2n) is 7.53. The maximum Gasteiger partial charge on any atom is 0.247 e. The number of ether oxygens (including phenoxy) is 2. The molecule has 0 aliphatic carbocycles. The van der Waals surface area contributed by atoms with Gasteiger partial charge in [0.1, 0.15) is 5.75 Å². The van der Waals surface area contributed by atoms with E-state index < -0.39 is 10.0 Å². The maximum atomic E-state index is 12.8. The number of carbonyl (C=O) groups is 1. The highest BCUT2D eigenvalue weighted by Gasteiger charge is 2.26. The molecule has 1 aliphatic rings. The van der Waals surface area contributed by atoms with Crippen LogP contribution in [0.5, 0.6) is 5.75 Å². The number of nitrogens with zero attached hydrogens (tertiary/aromatic N) is 3. The summed E-state index contributed by atoms with van der Waals surface area (Å²) in [5, 5.41) is 8.05. The zero-order valence-corrected chi connectivity index (χ0v) is 19.1. The minimum absolute atomic E-state index is 0.0848. The van der Waals surface area contributed by atoms with E-state index in [1.54, 1.807) is 36.4 Å². The van der Waals surface area contributed by atoms with Gasteiger partial charge in [-0.05, 0) is 42.8 Å². The van der Waals surface area contributed by atoms with E-state index in [9.17, 15) is 13.2 Å². The molecule has 33 heavy (non-hydrogen) atoms. The number of aromatic nitrogens is 2. The summed E-state index contributed by atoms with van der Waals surface area (Å²) in [5.74, 6) is 1.20. The Balaban J connectivity index is 1.39. The molecule has 0 saturated carbocycles. The lowest BCUT2D eigenvalue weighted by Gasteiger charge is -2.26. The number of ketones is 1. The number of aryl methyl sites for hydroxylation is 1. The fourth-order valence-corrected chi connectivity index (χ4v) is 4.83. The van der Waals surface area contributed by atoms with Crippen LogP contribution in [-0.4, -0.2) is 61.6 Å². The molecule has 3 aromatic rings. The molecular weight excluding hydrogens is 446 g/mol. The molecule has 10 heteroatoms. The molecule has 1 saturated heterocycles. The SMILES string of the molecule is CCCc1nnc(-c2ccc(OCC(=O)c3cccc(S(=O)(=O)N4CCOCC4)c3)cc2)o1. The first kappa shape index (κ1) is 23.1. The molecule has 0 amide bonds. The van der Waals surface area contributed by atoms with Crippen LogP contribution >= 0.6 is 0 Å². The number of benzene rings is 2. The van der Waals surface area contributed by atoms with Crippen LogP contribution in [0.15, 0.2) is 57.8 Å². The number of morpholine rings is 1. The molecule has 0 N–H and O–H groups in total. The first-order valence-corrected chi connectivity index (χ1v) is 12.2. The first-order chi connectivity index (χ1) is 16.0. The van der Waals surface area contributed by atoms with Crippen LogP contribution in [0.2, 0.25) is 0 Å². The van der Waals surface area contributed by atoms with Crippen molar-refractivity contribution >= 4 is 15.8 Å².